The minimum absolute atomic E-state index is 0. The molecule has 256 valence electrons. The number of rotatable bonds is 4. The second kappa shape index (κ2) is 13.1. The van der Waals surface area contributed by atoms with Gasteiger partial charge >= 0.3 is 292 Å². The Morgan fingerprint density at radius 1 is 0.490 bits per heavy atom. The van der Waals surface area contributed by atoms with Crippen molar-refractivity contribution in [3.05, 3.63) is 127 Å². The van der Waals surface area contributed by atoms with Crippen LogP contribution in [0.4, 0.5) is 0 Å². The van der Waals surface area contributed by atoms with Crippen LogP contribution in [0.15, 0.2) is 71.8 Å². The number of halogens is 2. The Kier molecular flexibility index (Phi) is 10.2. The molecule has 49 heavy (non-hydrogen) atoms. The summed E-state index contributed by atoms with van der Waals surface area (Å²) < 4.78 is 4.29. The minimum atomic E-state index is -2.78. The number of aryl methyl sites for hydroxylation is 4. The third-order valence-electron chi connectivity index (χ3n) is 11.9. The molecule has 4 aromatic rings. The fraction of sp³-hybridized carbons (Fsp3) is 0.391. The molecule has 0 radical (unpaired) electrons. The zero-order valence-corrected chi connectivity index (χ0v) is 35.7. The normalized spacial score (nSPS) is 18.3. The van der Waals surface area contributed by atoms with Crippen molar-refractivity contribution in [3.8, 4) is 22.3 Å². The van der Waals surface area contributed by atoms with Crippen LogP contribution in [0.25, 0.3) is 34.4 Å². The summed E-state index contributed by atoms with van der Waals surface area (Å²) in [4.78, 5) is 0. The molecular formula is C46H54Cl2Zr. The molecule has 0 aromatic heterocycles. The van der Waals surface area contributed by atoms with E-state index >= 15 is 0 Å². The van der Waals surface area contributed by atoms with E-state index in [0.29, 0.717) is 7.25 Å². The average Bonchev–Trinajstić information content (AvgIpc) is 3.56. The molecule has 0 nitrogen and oxygen atoms in total. The van der Waals surface area contributed by atoms with Crippen molar-refractivity contribution >= 4 is 12.2 Å². The second-order valence-corrected chi connectivity index (χ2v) is 28.8. The van der Waals surface area contributed by atoms with Gasteiger partial charge in [-0.25, -0.2) is 0 Å². The van der Waals surface area contributed by atoms with Crippen molar-refractivity contribution in [3.63, 3.8) is 0 Å². The first-order chi connectivity index (χ1) is 22.0. The van der Waals surface area contributed by atoms with Gasteiger partial charge in [0.1, 0.15) is 0 Å². The van der Waals surface area contributed by atoms with Gasteiger partial charge in [-0.05, 0) is 0 Å². The smallest absolute Gasteiger partial charge is 1.00 e. The summed E-state index contributed by atoms with van der Waals surface area (Å²) >= 11 is -2.78. The molecule has 0 amide bonds. The van der Waals surface area contributed by atoms with Gasteiger partial charge in [0, 0.05) is 0 Å². The van der Waals surface area contributed by atoms with Crippen molar-refractivity contribution < 1.29 is 45.1 Å². The molecule has 0 spiro atoms. The summed E-state index contributed by atoms with van der Waals surface area (Å²) in [5.74, 6) is 0. The maximum atomic E-state index is 2.61. The van der Waals surface area contributed by atoms with E-state index in [4.69, 9.17) is 0 Å². The second-order valence-electron chi connectivity index (χ2n) is 17.5. The van der Waals surface area contributed by atoms with E-state index in [1.165, 1.54) is 75.0 Å². The zero-order valence-electron chi connectivity index (χ0n) is 31.8. The van der Waals surface area contributed by atoms with Crippen LogP contribution < -0.4 is 24.8 Å². The molecule has 2 atom stereocenters. The molecule has 1 heterocycles. The van der Waals surface area contributed by atoms with Gasteiger partial charge in [-0.3, -0.25) is 0 Å². The van der Waals surface area contributed by atoms with Gasteiger partial charge < -0.3 is 24.8 Å². The van der Waals surface area contributed by atoms with Gasteiger partial charge in [0.15, 0.2) is 0 Å². The van der Waals surface area contributed by atoms with Crippen LogP contribution in [0.5, 0.6) is 0 Å². The molecule has 2 aliphatic carbocycles. The maximum Gasteiger partial charge on any atom is -1.00 e. The summed E-state index contributed by atoms with van der Waals surface area (Å²) in [6.07, 6.45) is 5.23. The quantitative estimate of drug-likeness (QED) is 0.202. The maximum absolute atomic E-state index is 2.78. The fourth-order valence-electron chi connectivity index (χ4n) is 9.62. The van der Waals surface area contributed by atoms with Gasteiger partial charge in [0.25, 0.3) is 0 Å². The zero-order chi connectivity index (χ0) is 33.8. The van der Waals surface area contributed by atoms with Crippen molar-refractivity contribution in [2.45, 2.75) is 109 Å². The topological polar surface area (TPSA) is 0 Å². The Morgan fingerprint density at radius 2 is 0.816 bits per heavy atom. The number of hydrogen-bond donors (Lipinski definition) is 0. The third kappa shape index (κ3) is 6.23. The van der Waals surface area contributed by atoms with E-state index in [1.807, 2.05) is 0 Å². The summed E-state index contributed by atoms with van der Waals surface area (Å²) in [5.41, 5.74) is 24.3. The van der Waals surface area contributed by atoms with Crippen molar-refractivity contribution in [2.75, 3.05) is 0 Å². The SMILES string of the molecule is CC1=Cc2c(-c3ccc(C(C)(C)C)cc3)c(C)cc(C)c2[CH]1[Zr+2]1([CH]2C(C)=Cc3c(-c4ccc(C(C)(C)C)cc4)c(C)cc(C)c32)[CH2][CH2]1.[Cl-].[Cl-]. The van der Waals surface area contributed by atoms with Crippen LogP contribution in [0.3, 0.4) is 0 Å². The van der Waals surface area contributed by atoms with Gasteiger partial charge in [-0.1, -0.05) is 0 Å². The molecule has 0 bridgehead atoms. The molecule has 1 fully saturated rings. The largest absolute Gasteiger partial charge is 1.00 e. The molecule has 3 aliphatic rings. The van der Waals surface area contributed by atoms with Gasteiger partial charge in [0.2, 0.25) is 0 Å². The van der Waals surface area contributed by atoms with Crippen LogP contribution in [0, 0.1) is 27.7 Å². The standard InChI is InChI=1S/2C22H25.C2H4.2ClH.Zr/c2*1-14-11-19-15(2)13-16(3)21(20(19)12-14)17-7-9-18(10-8-17)22(4,5)6;1-2;;;/h2*7-13H,1-6H3;1-2H2;2*1H;/q;;;;;+2/p-2. The summed E-state index contributed by atoms with van der Waals surface area (Å²) in [6.45, 7) is 28.3. The number of allylic oxidation sites excluding steroid dienone is 2. The number of hydrogen-bond acceptors (Lipinski definition) is 0. The Labute approximate surface area is 314 Å². The van der Waals surface area contributed by atoms with E-state index in [0.717, 1.165) is 0 Å². The Bertz CT molecular complexity index is 1850. The van der Waals surface area contributed by atoms with Gasteiger partial charge in [-0.15, -0.1) is 0 Å². The third-order valence-corrected chi connectivity index (χ3v) is 25.3. The van der Waals surface area contributed by atoms with Crippen molar-refractivity contribution in [1.82, 2.24) is 0 Å². The van der Waals surface area contributed by atoms with Crippen LogP contribution >= 0.6 is 0 Å². The van der Waals surface area contributed by atoms with E-state index < -0.39 is 20.3 Å². The van der Waals surface area contributed by atoms with E-state index in [9.17, 15) is 0 Å². The van der Waals surface area contributed by atoms with Gasteiger partial charge in [0.05, 0.1) is 0 Å². The van der Waals surface area contributed by atoms with E-state index in [2.05, 4.69) is 156 Å². The van der Waals surface area contributed by atoms with Crippen LogP contribution in [0.1, 0.15) is 118 Å². The Balaban J connectivity index is 0.00000234. The van der Waals surface area contributed by atoms with E-state index in [1.54, 1.807) is 22.3 Å². The molecule has 4 aromatic carbocycles. The predicted octanol–water partition coefficient (Wildman–Crippen LogP) is 7.48. The number of fused-ring (bicyclic) bond motifs is 2. The predicted molar refractivity (Wildman–Crippen MR) is 203 cm³/mol. The van der Waals surface area contributed by atoms with Gasteiger partial charge in [-0.2, -0.15) is 0 Å². The molecular weight excluding hydrogens is 715 g/mol. The molecule has 3 heteroatoms. The van der Waals surface area contributed by atoms with Crippen LogP contribution in [-0.4, -0.2) is 0 Å². The molecule has 2 unspecified atom stereocenters. The summed E-state index contributed by atoms with van der Waals surface area (Å²) in [7, 11) is 0. The average molecular weight is 769 g/mol. The van der Waals surface area contributed by atoms with E-state index in [-0.39, 0.29) is 35.6 Å². The molecule has 0 N–H and O–H groups in total. The Hall–Kier alpha value is -2.18. The molecule has 1 aliphatic heterocycles. The first-order valence-electron chi connectivity index (χ1n) is 17.9. The summed E-state index contributed by atoms with van der Waals surface area (Å²) in [6, 6.07) is 24.0. The van der Waals surface area contributed by atoms with Crippen molar-refractivity contribution in [2.24, 2.45) is 0 Å². The molecule has 0 saturated carbocycles. The molecule has 7 rings (SSSR count). The van der Waals surface area contributed by atoms with Crippen LogP contribution in [-0.2, 0) is 31.1 Å². The Morgan fingerprint density at radius 3 is 1.10 bits per heavy atom. The number of benzene rings is 4. The minimum Gasteiger partial charge on any atom is -1.00 e. The summed E-state index contributed by atoms with van der Waals surface area (Å²) in [5, 5.41) is 0. The van der Waals surface area contributed by atoms with Crippen LogP contribution in [0.2, 0.25) is 8.26 Å². The first kappa shape index (κ1) is 38.1. The molecule has 1 saturated heterocycles. The van der Waals surface area contributed by atoms with Crippen molar-refractivity contribution in [1.29, 1.82) is 0 Å². The fourth-order valence-corrected chi connectivity index (χ4v) is 27.8. The monoisotopic (exact) mass is 766 g/mol. The first-order valence-corrected chi connectivity index (χ1v) is 24.2.